The Bertz CT molecular complexity index is 618. The van der Waals surface area contributed by atoms with Crippen LogP contribution in [0.4, 0.5) is 13.2 Å². The molecule has 1 heterocycles. The predicted octanol–water partition coefficient (Wildman–Crippen LogP) is 1.99. The number of para-hydroxylation sites is 1. The third-order valence-corrected chi connectivity index (χ3v) is 2.44. The second-order valence-corrected chi connectivity index (χ2v) is 3.67. The van der Waals surface area contributed by atoms with Crippen LogP contribution < -0.4 is 5.73 Å². The van der Waals surface area contributed by atoms with E-state index in [4.69, 9.17) is 10.9 Å². The molecule has 0 atom stereocenters. The minimum atomic E-state index is -4.47. The summed E-state index contributed by atoms with van der Waals surface area (Å²) in [5, 5.41) is 15.1. The Morgan fingerprint density at radius 2 is 2.00 bits per heavy atom. The summed E-state index contributed by atoms with van der Waals surface area (Å²) in [6, 6.07) is 6.25. The molecule has 2 rings (SSSR count). The van der Waals surface area contributed by atoms with Gasteiger partial charge in [0.25, 0.3) is 0 Å². The maximum atomic E-state index is 12.5. The molecule has 0 saturated carbocycles. The Hall–Kier alpha value is -2.51. The van der Waals surface area contributed by atoms with Crippen molar-refractivity contribution in [3.05, 3.63) is 47.8 Å². The lowest BCUT2D eigenvalue weighted by atomic mass is 10.1. The van der Waals surface area contributed by atoms with E-state index in [1.165, 1.54) is 12.1 Å². The van der Waals surface area contributed by atoms with Gasteiger partial charge in [-0.25, -0.2) is 4.68 Å². The highest BCUT2D eigenvalue weighted by atomic mass is 19.4. The average Bonchev–Trinajstić information content (AvgIpc) is 2.87. The van der Waals surface area contributed by atoms with E-state index in [1.54, 1.807) is 12.1 Å². The van der Waals surface area contributed by atoms with Crippen LogP contribution in [0, 0.1) is 0 Å². The Morgan fingerprint density at radius 1 is 1.32 bits per heavy atom. The smallest absolute Gasteiger partial charge is 0.409 e. The van der Waals surface area contributed by atoms with Crippen LogP contribution in [0.2, 0.25) is 0 Å². The molecular formula is C11H9F3N4O. The molecule has 0 unspecified atom stereocenters. The molecule has 2 aromatic rings. The molecule has 3 N–H and O–H groups in total. The van der Waals surface area contributed by atoms with Gasteiger partial charge in [0.2, 0.25) is 0 Å². The molecule has 0 aliphatic heterocycles. The van der Waals surface area contributed by atoms with Crippen molar-refractivity contribution in [2.45, 2.75) is 6.18 Å². The zero-order valence-corrected chi connectivity index (χ0v) is 9.46. The minimum Gasteiger partial charge on any atom is -0.409 e. The van der Waals surface area contributed by atoms with Gasteiger partial charge >= 0.3 is 6.18 Å². The van der Waals surface area contributed by atoms with Crippen molar-refractivity contribution < 1.29 is 18.4 Å². The predicted molar refractivity (Wildman–Crippen MR) is 61.1 cm³/mol. The van der Waals surface area contributed by atoms with Crippen molar-refractivity contribution in [3.8, 4) is 5.69 Å². The van der Waals surface area contributed by atoms with Gasteiger partial charge in [-0.1, -0.05) is 17.3 Å². The largest absolute Gasteiger partial charge is 0.419 e. The van der Waals surface area contributed by atoms with Crippen molar-refractivity contribution in [1.29, 1.82) is 0 Å². The van der Waals surface area contributed by atoms with E-state index < -0.39 is 11.7 Å². The second kappa shape index (κ2) is 4.63. The fourth-order valence-corrected chi connectivity index (χ4v) is 1.54. The van der Waals surface area contributed by atoms with Gasteiger partial charge in [0.15, 0.2) is 5.84 Å². The number of hydrogen-bond donors (Lipinski definition) is 2. The van der Waals surface area contributed by atoms with Gasteiger partial charge < -0.3 is 10.9 Å². The number of rotatable bonds is 2. The summed E-state index contributed by atoms with van der Waals surface area (Å²) >= 11 is 0. The highest BCUT2D eigenvalue weighted by Crippen LogP contribution is 2.29. The van der Waals surface area contributed by atoms with Crippen molar-refractivity contribution in [2.24, 2.45) is 10.9 Å². The fraction of sp³-hybridized carbons (Fsp3) is 0.0909. The molecule has 0 radical (unpaired) electrons. The monoisotopic (exact) mass is 270 g/mol. The molecule has 0 saturated heterocycles. The molecule has 0 spiro atoms. The van der Waals surface area contributed by atoms with Gasteiger partial charge in [0.1, 0.15) is 0 Å². The number of aromatic nitrogens is 2. The van der Waals surface area contributed by atoms with Gasteiger partial charge in [0, 0.05) is 11.8 Å². The number of halogens is 3. The number of amidine groups is 1. The molecule has 19 heavy (non-hydrogen) atoms. The average molecular weight is 270 g/mol. The van der Waals surface area contributed by atoms with Crippen molar-refractivity contribution in [2.75, 3.05) is 0 Å². The Labute approximate surface area is 105 Å². The molecular weight excluding hydrogens is 261 g/mol. The van der Waals surface area contributed by atoms with Crippen LogP contribution >= 0.6 is 0 Å². The topological polar surface area (TPSA) is 76.4 Å². The molecule has 1 aromatic carbocycles. The summed E-state index contributed by atoms with van der Waals surface area (Å²) in [5.74, 6) is -0.209. The molecule has 0 aliphatic rings. The molecule has 0 aliphatic carbocycles. The number of oxime groups is 1. The molecule has 8 heteroatoms. The lowest BCUT2D eigenvalue weighted by Crippen LogP contribution is -2.16. The highest BCUT2D eigenvalue weighted by Gasteiger charge is 2.32. The first kappa shape index (κ1) is 12.9. The summed E-state index contributed by atoms with van der Waals surface area (Å²) in [7, 11) is 0. The second-order valence-electron chi connectivity index (χ2n) is 3.67. The number of nitrogens with two attached hydrogens (primary N) is 1. The standard InChI is InChI=1S/C11H9F3N4O/c12-11(13,14)7-5-16-18(6-7)9-4-2-1-3-8(9)10(15)17-19/h1-6,19H,(H2,15,17). The van der Waals surface area contributed by atoms with Crippen LogP contribution in [0.5, 0.6) is 0 Å². The Morgan fingerprint density at radius 3 is 2.58 bits per heavy atom. The Balaban J connectivity index is 2.51. The first-order valence-electron chi connectivity index (χ1n) is 5.12. The van der Waals surface area contributed by atoms with Crippen LogP contribution in [0.3, 0.4) is 0 Å². The first-order chi connectivity index (χ1) is 8.93. The number of alkyl halides is 3. The fourth-order valence-electron chi connectivity index (χ4n) is 1.54. The quantitative estimate of drug-likeness (QED) is 0.379. The maximum Gasteiger partial charge on any atom is 0.419 e. The van der Waals surface area contributed by atoms with Crippen molar-refractivity contribution in [1.82, 2.24) is 9.78 Å². The van der Waals surface area contributed by atoms with Crippen molar-refractivity contribution in [3.63, 3.8) is 0 Å². The summed E-state index contributed by atoms with van der Waals surface area (Å²) in [6.07, 6.45) is -2.92. The molecule has 0 fully saturated rings. The molecule has 100 valence electrons. The van der Waals surface area contributed by atoms with Gasteiger partial charge in [0.05, 0.1) is 17.4 Å². The van der Waals surface area contributed by atoms with E-state index in [-0.39, 0.29) is 17.1 Å². The lowest BCUT2D eigenvalue weighted by Gasteiger charge is -2.07. The summed E-state index contributed by atoms with van der Waals surface area (Å²) in [6.45, 7) is 0. The molecule has 1 aromatic heterocycles. The van der Waals surface area contributed by atoms with Gasteiger partial charge in [-0.3, -0.25) is 0 Å². The lowest BCUT2D eigenvalue weighted by molar-refractivity contribution is -0.137. The summed E-state index contributed by atoms with van der Waals surface area (Å²) in [4.78, 5) is 0. The zero-order chi connectivity index (χ0) is 14.0. The van der Waals surface area contributed by atoms with Crippen LogP contribution in [0.15, 0.2) is 41.8 Å². The number of hydrogen-bond acceptors (Lipinski definition) is 3. The van der Waals surface area contributed by atoms with E-state index >= 15 is 0 Å². The maximum absolute atomic E-state index is 12.5. The first-order valence-corrected chi connectivity index (χ1v) is 5.12. The number of nitrogens with zero attached hydrogens (tertiary/aromatic N) is 3. The molecule has 5 nitrogen and oxygen atoms in total. The third kappa shape index (κ3) is 2.51. The summed E-state index contributed by atoms with van der Waals surface area (Å²) < 4.78 is 38.5. The van der Waals surface area contributed by atoms with Gasteiger partial charge in [-0.15, -0.1) is 0 Å². The van der Waals surface area contributed by atoms with E-state index in [0.29, 0.717) is 6.20 Å². The Kier molecular flexibility index (Phi) is 3.16. The van der Waals surface area contributed by atoms with Crippen molar-refractivity contribution >= 4 is 5.84 Å². The van der Waals surface area contributed by atoms with Gasteiger partial charge in [-0.2, -0.15) is 18.3 Å². The molecule has 0 amide bonds. The third-order valence-electron chi connectivity index (χ3n) is 2.44. The number of benzene rings is 1. The highest BCUT2D eigenvalue weighted by molar-refractivity contribution is 6.00. The SMILES string of the molecule is NC(=NO)c1ccccc1-n1cc(C(F)(F)F)cn1. The van der Waals surface area contributed by atoms with E-state index in [1.807, 2.05) is 0 Å². The zero-order valence-electron chi connectivity index (χ0n) is 9.46. The van der Waals surface area contributed by atoms with E-state index in [0.717, 1.165) is 10.9 Å². The minimum absolute atomic E-state index is 0.209. The summed E-state index contributed by atoms with van der Waals surface area (Å²) in [5.41, 5.74) is 5.15. The normalized spacial score (nSPS) is 12.7. The molecule has 0 bridgehead atoms. The van der Waals surface area contributed by atoms with Crippen LogP contribution in [-0.2, 0) is 6.18 Å². The van der Waals surface area contributed by atoms with E-state index in [2.05, 4.69) is 10.3 Å². The van der Waals surface area contributed by atoms with E-state index in [9.17, 15) is 13.2 Å². The van der Waals surface area contributed by atoms with Crippen LogP contribution in [0.1, 0.15) is 11.1 Å². The van der Waals surface area contributed by atoms with Crippen LogP contribution in [-0.4, -0.2) is 20.8 Å². The van der Waals surface area contributed by atoms with Gasteiger partial charge in [-0.05, 0) is 12.1 Å². The van der Waals surface area contributed by atoms with Crippen LogP contribution in [0.25, 0.3) is 5.69 Å².